The van der Waals surface area contributed by atoms with E-state index in [0.29, 0.717) is 23.9 Å². The minimum absolute atomic E-state index is 0.304. The number of likely N-dealkylation sites (N-methyl/N-ethyl adjacent to an activating group) is 1. The first-order valence-electron chi connectivity index (χ1n) is 14.3. The number of aromatic nitrogens is 4. The third-order valence-electron chi connectivity index (χ3n) is 8.78. The number of phenols is 1. The van der Waals surface area contributed by atoms with Crippen molar-refractivity contribution in [3.63, 3.8) is 0 Å². The average molecular weight is 528 g/mol. The van der Waals surface area contributed by atoms with E-state index in [9.17, 15) is 5.11 Å². The Morgan fingerprint density at radius 3 is 2.74 bits per heavy atom. The van der Waals surface area contributed by atoms with E-state index in [-0.39, 0.29) is 0 Å². The van der Waals surface area contributed by atoms with Crippen LogP contribution in [0.15, 0.2) is 36.4 Å². The third-order valence-corrected chi connectivity index (χ3v) is 8.78. The second-order valence-corrected chi connectivity index (χ2v) is 11.8. The standard InChI is InChI=1S/C31H41N7O/c1-6-20-13-24(39)8-10-25(20)21-7-9-26-27(14-21)34-35-30(26)31-32-28-15-23(38(19(2)3)18-29(28)33-31)17-37-12-11-22(16-37)36(4)5/h7-10,13-14,19,22-23,39H,6,11-12,15-18H2,1-5H3,(H,32,33)(H,34,35)/t22-,23-/m0/s1. The number of hydrogen-bond acceptors (Lipinski definition) is 6. The van der Waals surface area contributed by atoms with Crippen molar-refractivity contribution in [1.29, 1.82) is 0 Å². The molecule has 2 atom stereocenters. The number of rotatable bonds is 7. The molecule has 2 aromatic heterocycles. The summed E-state index contributed by atoms with van der Waals surface area (Å²) in [6.07, 6.45) is 3.07. The third kappa shape index (κ3) is 4.97. The highest BCUT2D eigenvalue weighted by molar-refractivity contribution is 5.94. The monoisotopic (exact) mass is 527 g/mol. The molecular formula is C31H41N7O. The quantitative estimate of drug-likeness (QED) is 0.324. The van der Waals surface area contributed by atoms with Gasteiger partial charge in [0.1, 0.15) is 11.4 Å². The van der Waals surface area contributed by atoms with Crippen molar-refractivity contribution in [2.24, 2.45) is 0 Å². The van der Waals surface area contributed by atoms with Crippen LogP contribution in [-0.4, -0.2) is 91.8 Å². The number of aryl methyl sites for hydroxylation is 1. The number of hydrogen-bond donors (Lipinski definition) is 3. The summed E-state index contributed by atoms with van der Waals surface area (Å²) in [5.74, 6) is 1.15. The van der Waals surface area contributed by atoms with Crippen molar-refractivity contribution < 1.29 is 5.11 Å². The zero-order valence-corrected chi connectivity index (χ0v) is 23.8. The summed E-state index contributed by atoms with van der Waals surface area (Å²) in [6.45, 7) is 11.0. The van der Waals surface area contributed by atoms with Crippen molar-refractivity contribution in [2.75, 3.05) is 33.7 Å². The summed E-state index contributed by atoms with van der Waals surface area (Å²) in [7, 11) is 4.39. The topological polar surface area (TPSA) is 87.3 Å². The van der Waals surface area contributed by atoms with E-state index in [4.69, 9.17) is 10.1 Å². The maximum Gasteiger partial charge on any atom is 0.159 e. The summed E-state index contributed by atoms with van der Waals surface area (Å²) < 4.78 is 0. The molecule has 6 rings (SSSR count). The van der Waals surface area contributed by atoms with Gasteiger partial charge in [-0.15, -0.1) is 0 Å². The second kappa shape index (κ2) is 10.4. The van der Waals surface area contributed by atoms with Gasteiger partial charge >= 0.3 is 0 Å². The number of fused-ring (bicyclic) bond motifs is 2. The molecule has 0 spiro atoms. The minimum Gasteiger partial charge on any atom is -0.508 e. The first-order valence-corrected chi connectivity index (χ1v) is 14.3. The molecule has 206 valence electrons. The zero-order chi connectivity index (χ0) is 27.3. The number of nitrogens with one attached hydrogen (secondary N) is 2. The maximum absolute atomic E-state index is 9.92. The number of aromatic amines is 2. The van der Waals surface area contributed by atoms with Crippen molar-refractivity contribution in [2.45, 2.75) is 64.7 Å². The van der Waals surface area contributed by atoms with Crippen LogP contribution in [0.1, 0.15) is 44.1 Å². The van der Waals surface area contributed by atoms with Crippen LogP contribution in [0.25, 0.3) is 33.5 Å². The first kappa shape index (κ1) is 26.0. The van der Waals surface area contributed by atoms with Crippen molar-refractivity contribution in [3.8, 4) is 28.4 Å². The zero-order valence-electron chi connectivity index (χ0n) is 23.8. The smallest absolute Gasteiger partial charge is 0.159 e. The molecule has 1 fully saturated rings. The minimum atomic E-state index is 0.304. The first-order chi connectivity index (χ1) is 18.8. The van der Waals surface area contributed by atoms with Crippen molar-refractivity contribution in [1.82, 2.24) is 34.9 Å². The van der Waals surface area contributed by atoms with Gasteiger partial charge in [0.2, 0.25) is 0 Å². The Morgan fingerprint density at radius 1 is 1.15 bits per heavy atom. The lowest BCUT2D eigenvalue weighted by atomic mass is 9.97. The summed E-state index contributed by atoms with van der Waals surface area (Å²) in [6, 6.07) is 13.6. The molecule has 2 aliphatic heterocycles. The molecule has 3 N–H and O–H groups in total. The molecule has 8 heteroatoms. The predicted molar refractivity (Wildman–Crippen MR) is 157 cm³/mol. The highest BCUT2D eigenvalue weighted by Crippen LogP contribution is 2.34. The Balaban J connectivity index is 1.26. The highest BCUT2D eigenvalue weighted by atomic mass is 16.3. The lowest BCUT2D eigenvalue weighted by molar-refractivity contribution is 0.0954. The largest absolute Gasteiger partial charge is 0.508 e. The SMILES string of the molecule is CCc1cc(O)ccc1-c1ccc2c(-c3nc4c([nH]3)CN(C(C)C)[C@H](CN3CC[C@H](N(C)C)C3)C4)n[nH]c2c1. The van der Waals surface area contributed by atoms with Crippen LogP contribution >= 0.6 is 0 Å². The molecule has 2 aromatic carbocycles. The van der Waals surface area contributed by atoms with Gasteiger partial charge in [-0.2, -0.15) is 5.10 Å². The van der Waals surface area contributed by atoms with E-state index >= 15 is 0 Å². The van der Waals surface area contributed by atoms with E-state index in [1.165, 1.54) is 24.4 Å². The summed E-state index contributed by atoms with van der Waals surface area (Å²) in [4.78, 5) is 16.4. The van der Waals surface area contributed by atoms with E-state index in [0.717, 1.165) is 71.6 Å². The van der Waals surface area contributed by atoms with Crippen LogP contribution in [0.3, 0.4) is 0 Å². The van der Waals surface area contributed by atoms with Crippen LogP contribution < -0.4 is 0 Å². The van der Waals surface area contributed by atoms with E-state index < -0.39 is 0 Å². The van der Waals surface area contributed by atoms with Gasteiger partial charge in [0, 0.05) is 49.6 Å². The van der Waals surface area contributed by atoms with Gasteiger partial charge in [-0.05, 0) is 88.3 Å². The molecule has 0 aliphatic carbocycles. The molecule has 2 aliphatic rings. The number of aromatic hydroxyl groups is 1. The van der Waals surface area contributed by atoms with Crippen LogP contribution in [0.4, 0.5) is 0 Å². The molecular weight excluding hydrogens is 486 g/mol. The fraction of sp³-hybridized carbons (Fsp3) is 0.484. The molecule has 0 bridgehead atoms. The van der Waals surface area contributed by atoms with Gasteiger partial charge in [0.15, 0.2) is 5.82 Å². The maximum atomic E-state index is 9.92. The average Bonchev–Trinajstić information content (AvgIpc) is 3.65. The Labute approximate surface area is 231 Å². The Morgan fingerprint density at radius 2 is 2.00 bits per heavy atom. The Bertz CT molecular complexity index is 1470. The summed E-state index contributed by atoms with van der Waals surface area (Å²) in [5, 5.41) is 18.9. The molecule has 8 nitrogen and oxygen atoms in total. The number of imidazole rings is 1. The molecule has 4 heterocycles. The molecule has 1 saturated heterocycles. The molecule has 39 heavy (non-hydrogen) atoms. The Kier molecular flexibility index (Phi) is 6.95. The molecule has 0 radical (unpaired) electrons. The van der Waals surface area contributed by atoms with E-state index in [1.807, 2.05) is 12.1 Å². The van der Waals surface area contributed by atoms with Crippen molar-refractivity contribution >= 4 is 10.9 Å². The number of H-pyrrole nitrogens is 2. The van der Waals surface area contributed by atoms with Crippen LogP contribution in [-0.2, 0) is 19.4 Å². The highest BCUT2D eigenvalue weighted by Gasteiger charge is 2.34. The normalized spacial score (nSPS) is 20.5. The lowest BCUT2D eigenvalue weighted by Gasteiger charge is -2.39. The van der Waals surface area contributed by atoms with Gasteiger partial charge in [-0.3, -0.25) is 10.00 Å². The van der Waals surface area contributed by atoms with E-state index in [2.05, 4.69) is 77.8 Å². The van der Waals surface area contributed by atoms with Gasteiger partial charge in [0.25, 0.3) is 0 Å². The number of benzene rings is 2. The summed E-state index contributed by atoms with van der Waals surface area (Å²) >= 11 is 0. The number of phenolic OH excluding ortho intramolecular Hbond substituents is 1. The fourth-order valence-corrected chi connectivity index (χ4v) is 6.50. The summed E-state index contributed by atoms with van der Waals surface area (Å²) in [5.41, 5.74) is 7.63. The second-order valence-electron chi connectivity index (χ2n) is 11.8. The predicted octanol–water partition coefficient (Wildman–Crippen LogP) is 4.66. The molecule has 0 unspecified atom stereocenters. The molecule has 0 amide bonds. The van der Waals surface area contributed by atoms with Crippen LogP contribution in [0, 0.1) is 0 Å². The van der Waals surface area contributed by atoms with Crippen LogP contribution in [0.2, 0.25) is 0 Å². The Hall–Kier alpha value is -3.20. The fourth-order valence-electron chi connectivity index (χ4n) is 6.50. The van der Waals surface area contributed by atoms with Gasteiger partial charge in [-0.1, -0.05) is 19.1 Å². The van der Waals surface area contributed by atoms with Crippen LogP contribution in [0.5, 0.6) is 5.75 Å². The van der Waals surface area contributed by atoms with Gasteiger partial charge in [-0.25, -0.2) is 4.98 Å². The molecule has 0 saturated carbocycles. The molecule has 4 aromatic rings. The van der Waals surface area contributed by atoms with Gasteiger partial charge < -0.3 is 19.9 Å². The number of nitrogens with zero attached hydrogens (tertiary/aromatic N) is 5. The van der Waals surface area contributed by atoms with E-state index in [1.54, 1.807) is 6.07 Å². The van der Waals surface area contributed by atoms with Crippen molar-refractivity contribution in [3.05, 3.63) is 53.3 Å². The number of likely N-dealkylation sites (tertiary alicyclic amines) is 1. The van der Waals surface area contributed by atoms with Gasteiger partial charge in [0.05, 0.1) is 16.9 Å². The lowest BCUT2D eigenvalue weighted by Crippen LogP contribution is -2.50.